The van der Waals surface area contributed by atoms with Crippen LogP contribution in [0.3, 0.4) is 0 Å². The molecule has 146 heavy (non-hydrogen) atoms. The zero-order valence-corrected chi connectivity index (χ0v) is 83.6. The highest BCUT2D eigenvalue weighted by Crippen LogP contribution is 2.29. The number of esters is 2. The lowest BCUT2D eigenvalue weighted by atomic mass is 10.1. The number of sulfone groups is 1. The summed E-state index contributed by atoms with van der Waals surface area (Å²) in [6.07, 6.45) is 5.80. The molecule has 0 spiro atoms. The molecule has 4 aromatic heterocycles. The number of H-pyrrole nitrogens is 4. The van der Waals surface area contributed by atoms with Crippen LogP contribution in [0.15, 0.2) is 349 Å². The molecule has 0 fully saturated rings. The van der Waals surface area contributed by atoms with Crippen molar-refractivity contribution in [1.82, 2.24) is 39.9 Å². The summed E-state index contributed by atoms with van der Waals surface area (Å²) in [6.45, 7) is 11.1. The summed E-state index contributed by atoms with van der Waals surface area (Å²) in [5.74, 6) is 3.08. The second kappa shape index (κ2) is 57.2. The van der Waals surface area contributed by atoms with Crippen molar-refractivity contribution in [3.63, 3.8) is 0 Å². The Bertz CT molecular complexity index is 7390. The molecule has 18 aromatic rings. The lowest BCUT2D eigenvalue weighted by molar-refractivity contribution is -0.384. The number of fused-ring (bicyclic) bond motifs is 4. The van der Waals surface area contributed by atoms with E-state index in [1.54, 1.807) is 66.7 Å². The normalized spacial score (nSPS) is 10.6. The van der Waals surface area contributed by atoms with Crippen molar-refractivity contribution in [2.45, 2.75) is 89.4 Å². The summed E-state index contributed by atoms with van der Waals surface area (Å²) in [5, 5.41) is 39.1. The van der Waals surface area contributed by atoms with E-state index in [1.165, 1.54) is 37.8 Å². The highest BCUT2D eigenvalue weighted by atomic mass is 32.2. The van der Waals surface area contributed by atoms with Crippen LogP contribution >= 0.6 is 0 Å². The number of hydrogen-bond donors (Lipinski definition) is 12. The Morgan fingerprint density at radius 2 is 0.767 bits per heavy atom. The molecule has 18 rings (SSSR count). The number of nitrogens with two attached hydrogens (primary N) is 5. The number of nitro groups is 1. The maximum atomic E-state index is 12.3. The van der Waals surface area contributed by atoms with Gasteiger partial charge in [0.15, 0.2) is 9.84 Å². The molecule has 0 unspecified atom stereocenters. The van der Waals surface area contributed by atoms with Crippen LogP contribution in [0.4, 0.5) is 28.4 Å². The highest BCUT2D eigenvalue weighted by Gasteiger charge is 2.18. The van der Waals surface area contributed by atoms with Gasteiger partial charge in [-0.05, 0) is 219 Å². The summed E-state index contributed by atoms with van der Waals surface area (Å²) >= 11 is 0. The van der Waals surface area contributed by atoms with Gasteiger partial charge in [-0.3, -0.25) is 29.3 Å². The van der Waals surface area contributed by atoms with E-state index in [0.717, 1.165) is 153 Å². The Hall–Kier alpha value is -17.0. The Kier molecular flexibility index (Phi) is 43.5. The summed E-state index contributed by atoms with van der Waals surface area (Å²) < 4.78 is 66.2. The molecule has 0 radical (unpaired) electrons. The van der Waals surface area contributed by atoms with E-state index in [-0.39, 0.29) is 60.5 Å². The van der Waals surface area contributed by atoms with Crippen LogP contribution < -0.4 is 28.7 Å². The van der Waals surface area contributed by atoms with Gasteiger partial charge in [0.1, 0.15) is 29.0 Å². The molecule has 32 nitrogen and oxygen atoms in total. The van der Waals surface area contributed by atoms with Crippen molar-refractivity contribution >= 4 is 110 Å². The number of imidazole rings is 4. The number of azide groups is 1. The first-order chi connectivity index (χ1) is 70.4. The number of aromatic amines is 4. The predicted molar refractivity (Wildman–Crippen MR) is 580 cm³/mol. The minimum absolute atomic E-state index is 0.0847. The van der Waals surface area contributed by atoms with Crippen molar-refractivity contribution in [1.29, 1.82) is 5.41 Å². The van der Waals surface area contributed by atoms with Crippen molar-refractivity contribution in [2.75, 3.05) is 81.9 Å². The van der Waals surface area contributed by atoms with Gasteiger partial charge in [0.2, 0.25) is 5.90 Å². The average Bonchev–Trinajstić information content (AvgIpc) is 1.71. The lowest BCUT2D eigenvalue weighted by Gasteiger charge is -2.06. The molecular formula is C112H120N18O14S2. The number of aromatic nitrogens is 8. The number of anilines is 4. The largest absolute Gasteiger partial charge is 0.478 e. The summed E-state index contributed by atoms with van der Waals surface area (Å²) in [7, 11) is -6.76. The molecule has 0 atom stereocenters. The number of rotatable bonds is 28. The molecule has 14 aromatic carbocycles. The topological polar surface area (TPSA) is 540 Å². The van der Waals surface area contributed by atoms with E-state index in [4.69, 9.17) is 68.2 Å². The van der Waals surface area contributed by atoms with Crippen LogP contribution in [0.2, 0.25) is 0 Å². The number of nitrogens with one attached hydrogen (secondary N) is 5. The van der Waals surface area contributed by atoms with E-state index < -0.39 is 24.9 Å². The van der Waals surface area contributed by atoms with Crippen LogP contribution in [0.5, 0.6) is 0 Å². The SMILES string of the molecule is CC(=O)OCCc1ccc(N)c(N)c1.CC(=O)OCCc1ccc(N)c([N+](=O)[O-])c1.CCOC(=N)c1ccccc1.Cc1ccc(S(=O)(=O)OCCc2ccc3nc(-c4ccccc4)[nH]c3c2)cc1.Cc1ccc(S(C)(=O)=O)cc1.NCCc1ccc2nc(-c3ccccc3)[nH]c2c1.Nc1ccc(CCO)cc1.OCCc1ccc2nc(-c3ccccc3)[nH]c2c1.[N-]=[N+]=NCCc1ccc2nc(-c3ccccc3)[nH]c2c1. The van der Waals surface area contributed by atoms with Crippen molar-refractivity contribution in [3.05, 3.63) is 410 Å². The number of carbonyl (C=O) groups is 2. The molecule has 754 valence electrons. The highest BCUT2D eigenvalue weighted by molar-refractivity contribution is 7.90. The van der Waals surface area contributed by atoms with Gasteiger partial charge in [0.05, 0.1) is 96.7 Å². The van der Waals surface area contributed by atoms with Gasteiger partial charge in [0, 0.05) is 97.2 Å². The molecule has 17 N–H and O–H groups in total. The first-order valence-corrected chi connectivity index (χ1v) is 50.0. The fraction of sp³-hybridized carbons (Fsp3) is 0.188. The van der Waals surface area contributed by atoms with Gasteiger partial charge in [0.25, 0.3) is 15.8 Å². The second-order valence-corrected chi connectivity index (χ2v) is 36.6. The molecule has 0 saturated heterocycles. The summed E-state index contributed by atoms with van der Waals surface area (Å²) in [4.78, 5) is 66.1. The van der Waals surface area contributed by atoms with Gasteiger partial charge >= 0.3 is 11.9 Å². The third kappa shape index (κ3) is 36.5. The van der Waals surface area contributed by atoms with Gasteiger partial charge in [-0.15, -0.1) is 0 Å². The Balaban J connectivity index is 0.000000171. The fourth-order valence-corrected chi connectivity index (χ4v) is 15.6. The standard InChI is InChI=1S/C22H20N2O3S.C15H13N5.C15H15N3.C15H14N2O.C10H12N2O4.C10H14N2O2.C9H11NO.C8H11NO.C8H10O2S/c1-16-7-10-19(11-8-16)28(25,26)27-14-13-17-9-12-20-21(15-17)24-22(23-20)18-5-3-2-4-6-18;16-20-17-9-8-11-6-7-13-14(10-11)19-15(18-13)12-4-2-1-3-5-12;16-9-8-11-6-7-13-14(10-11)18-15(17-13)12-4-2-1-3-5-12;18-9-8-11-6-7-13-14(10-11)17-15(16-13)12-4-2-1-3-5-12;1-7(13)16-5-4-8-2-3-9(11)10(6-8)12(14)15;1-7(13)14-5-4-8-2-3-9(11)10(12)6-8;1-2-11-9(10)8-6-4-3-5-7-8;9-8-3-1-7(2-4-8)5-6-10;1-7-3-5-8(6-4-7)11(2,9)10/h2-12,15H,13-14H2,1H3,(H,23,24);1-7,10H,8-9H2,(H,18,19);1-7,10H,8-9,16H2,(H,17,18);1-7,10,18H,8-9H2,(H,16,17);2-3,6H,4-5,11H2,1H3;2-3,6H,4-5,11-12H2,1H3;3-7,10H,2H2,1H3;1-4,10H,5-6,9H2;3-6H,1-2H3. The average molecular weight is 2010 g/mol. The molecule has 0 aliphatic rings. The van der Waals surface area contributed by atoms with Gasteiger partial charge < -0.3 is 73.0 Å². The number of aliphatic hydroxyl groups excluding tert-OH is 2. The van der Waals surface area contributed by atoms with E-state index >= 15 is 0 Å². The van der Waals surface area contributed by atoms with Crippen LogP contribution in [0.1, 0.15) is 76.4 Å². The lowest BCUT2D eigenvalue weighted by Crippen LogP contribution is -2.09. The Labute approximate surface area is 847 Å². The van der Waals surface area contributed by atoms with E-state index in [0.29, 0.717) is 80.2 Å². The van der Waals surface area contributed by atoms with E-state index in [1.807, 2.05) is 245 Å². The van der Waals surface area contributed by atoms with Crippen LogP contribution in [-0.2, 0) is 92.9 Å². The fourth-order valence-electron chi connectivity index (χ4n) is 14.1. The van der Waals surface area contributed by atoms with Crippen LogP contribution in [0, 0.1) is 29.4 Å². The van der Waals surface area contributed by atoms with Gasteiger partial charge in [-0.1, -0.05) is 229 Å². The number of nitro benzene ring substituents is 1. The smallest absolute Gasteiger partial charge is 0.302 e. The third-order valence-electron chi connectivity index (χ3n) is 21.7. The first-order valence-electron chi connectivity index (χ1n) is 46.7. The predicted octanol–water partition coefficient (Wildman–Crippen LogP) is 20.6. The monoisotopic (exact) mass is 2000 g/mol. The molecule has 34 heteroatoms. The minimum atomic E-state index is -3.74. The Morgan fingerprint density at radius 1 is 0.425 bits per heavy atom. The van der Waals surface area contributed by atoms with Gasteiger partial charge in [-0.2, -0.15) is 8.42 Å². The van der Waals surface area contributed by atoms with E-state index in [2.05, 4.69) is 80.2 Å². The number of carbonyl (C=O) groups excluding carboxylic acids is 2. The molecule has 0 aliphatic heterocycles. The van der Waals surface area contributed by atoms with Crippen molar-refractivity contribution in [2.24, 2.45) is 10.8 Å². The second-order valence-electron chi connectivity index (χ2n) is 33.0. The quantitative estimate of drug-likeness (QED) is 0.00207. The molecule has 0 saturated carbocycles. The molecule has 0 aliphatic carbocycles. The number of nitrogen functional groups attached to an aromatic ring is 4. The number of aliphatic hydroxyl groups is 2. The maximum absolute atomic E-state index is 12.3. The van der Waals surface area contributed by atoms with Crippen molar-refractivity contribution in [3.8, 4) is 45.6 Å². The third-order valence-corrected chi connectivity index (χ3v) is 24.2. The maximum Gasteiger partial charge on any atom is 0.302 e. The van der Waals surface area contributed by atoms with Crippen LogP contribution in [-0.4, -0.2) is 149 Å². The summed E-state index contributed by atoms with van der Waals surface area (Å²) in [5.41, 5.74) is 60.1. The number of ether oxygens (including phenoxy) is 3. The zero-order chi connectivity index (χ0) is 105. The van der Waals surface area contributed by atoms with E-state index in [9.17, 15) is 36.5 Å². The zero-order valence-electron chi connectivity index (χ0n) is 81.9. The van der Waals surface area contributed by atoms with Crippen LogP contribution in [0.25, 0.3) is 100 Å². The number of aryl methyl sites for hydroxylation is 2. The molecule has 4 heterocycles. The Morgan fingerprint density at radius 3 is 1.14 bits per heavy atom. The van der Waals surface area contributed by atoms with Gasteiger partial charge in [-0.25, -0.2) is 28.4 Å². The van der Waals surface area contributed by atoms with Crippen molar-refractivity contribution < 1.29 is 60.0 Å². The minimum Gasteiger partial charge on any atom is -0.478 e. The number of nitrogens with zero attached hydrogens (tertiary/aromatic N) is 8. The molecule has 0 bridgehead atoms. The first kappa shape index (κ1) is 111. The summed E-state index contributed by atoms with van der Waals surface area (Å²) in [6, 6.07) is 105. The molecule has 0 amide bonds. The molecular weight excluding hydrogens is 1890 g/mol. The number of hydrogen-bond acceptors (Lipinski definition) is 25. The number of benzene rings is 14.